The van der Waals surface area contributed by atoms with Gasteiger partial charge in [0.25, 0.3) is 5.91 Å². The van der Waals surface area contributed by atoms with Gasteiger partial charge in [0.1, 0.15) is 11.9 Å². The summed E-state index contributed by atoms with van der Waals surface area (Å²) in [6.45, 7) is 0.534. The highest BCUT2D eigenvalue weighted by atomic mass is 16.4. The number of carbonyl (C=O) groups excluding carboxylic acids is 1. The molecule has 1 aromatic carbocycles. The van der Waals surface area contributed by atoms with Gasteiger partial charge in [0.15, 0.2) is 0 Å². The lowest BCUT2D eigenvalue weighted by Gasteiger charge is -2.24. The van der Waals surface area contributed by atoms with Crippen LogP contribution in [0.2, 0.25) is 0 Å². The smallest absolute Gasteiger partial charge is 0.326 e. The van der Waals surface area contributed by atoms with Gasteiger partial charge in [-0.25, -0.2) is 9.78 Å². The molecule has 6 heteroatoms. The van der Waals surface area contributed by atoms with Gasteiger partial charge in [-0.2, -0.15) is 0 Å². The lowest BCUT2D eigenvalue weighted by Crippen LogP contribution is -2.43. The fourth-order valence-electron chi connectivity index (χ4n) is 4.49. The summed E-state index contributed by atoms with van der Waals surface area (Å²) in [5.74, 6) is -0.00965. The molecule has 2 aliphatic rings. The molecule has 2 aromatic rings. The summed E-state index contributed by atoms with van der Waals surface area (Å²) in [6.07, 6.45) is 4.51. The van der Waals surface area contributed by atoms with Crippen molar-refractivity contribution in [2.75, 3.05) is 18.5 Å². The molecule has 1 saturated carbocycles. The first-order chi connectivity index (χ1) is 13.1. The number of para-hydroxylation sites is 1. The summed E-state index contributed by atoms with van der Waals surface area (Å²) >= 11 is 0. The minimum absolute atomic E-state index is 0.0860. The highest BCUT2D eigenvalue weighted by Gasteiger charge is 2.49. The molecule has 6 nitrogen and oxygen atoms in total. The number of carboxylic acids is 1. The van der Waals surface area contributed by atoms with E-state index in [0.717, 1.165) is 30.8 Å². The van der Waals surface area contributed by atoms with Crippen LogP contribution in [0.5, 0.6) is 0 Å². The number of aromatic nitrogens is 1. The minimum atomic E-state index is -0.897. The largest absolute Gasteiger partial charge is 0.480 e. The lowest BCUT2D eigenvalue weighted by molar-refractivity contribution is -0.142. The van der Waals surface area contributed by atoms with Crippen molar-refractivity contribution >= 4 is 23.4 Å². The van der Waals surface area contributed by atoms with Crippen molar-refractivity contribution in [2.45, 2.75) is 25.3 Å². The molecular weight excluding hydrogens is 342 g/mol. The minimum Gasteiger partial charge on any atom is -0.480 e. The van der Waals surface area contributed by atoms with Crippen LogP contribution in [-0.4, -0.2) is 46.5 Å². The van der Waals surface area contributed by atoms with Gasteiger partial charge < -0.3 is 14.9 Å². The third kappa shape index (κ3) is 3.16. The summed E-state index contributed by atoms with van der Waals surface area (Å²) in [4.78, 5) is 32.6. The third-order valence-corrected chi connectivity index (χ3v) is 5.89. The van der Waals surface area contributed by atoms with Crippen molar-refractivity contribution < 1.29 is 14.7 Å². The van der Waals surface area contributed by atoms with Crippen LogP contribution in [-0.2, 0) is 4.79 Å². The molecule has 27 heavy (non-hydrogen) atoms. The Morgan fingerprint density at radius 2 is 1.93 bits per heavy atom. The Hall–Kier alpha value is -2.89. The van der Waals surface area contributed by atoms with Gasteiger partial charge in [-0.15, -0.1) is 0 Å². The summed E-state index contributed by atoms with van der Waals surface area (Å²) < 4.78 is 0. The second-order valence-corrected chi connectivity index (χ2v) is 7.40. The number of nitrogens with zero attached hydrogens (tertiary/aromatic N) is 3. The van der Waals surface area contributed by atoms with E-state index >= 15 is 0 Å². The van der Waals surface area contributed by atoms with Crippen LogP contribution in [0.25, 0.3) is 0 Å². The van der Waals surface area contributed by atoms with Gasteiger partial charge in [0.2, 0.25) is 0 Å². The Labute approximate surface area is 158 Å². The molecule has 2 heterocycles. The average molecular weight is 365 g/mol. The number of aliphatic carboxylic acids is 1. The van der Waals surface area contributed by atoms with E-state index in [1.807, 2.05) is 42.3 Å². The van der Waals surface area contributed by atoms with Gasteiger partial charge in [0, 0.05) is 25.5 Å². The van der Waals surface area contributed by atoms with E-state index in [9.17, 15) is 14.7 Å². The zero-order chi connectivity index (χ0) is 19.0. The van der Waals surface area contributed by atoms with Crippen LogP contribution < -0.4 is 4.90 Å². The maximum Gasteiger partial charge on any atom is 0.326 e. The quantitative estimate of drug-likeness (QED) is 0.901. The molecule has 140 valence electrons. The van der Waals surface area contributed by atoms with E-state index in [-0.39, 0.29) is 11.8 Å². The molecule has 3 unspecified atom stereocenters. The predicted molar refractivity (Wildman–Crippen MR) is 102 cm³/mol. The zero-order valence-electron chi connectivity index (χ0n) is 15.3. The summed E-state index contributed by atoms with van der Waals surface area (Å²) in [6, 6.07) is 12.7. The Bertz CT molecular complexity index is 838. The Balaban J connectivity index is 1.53. The average Bonchev–Trinajstić information content (AvgIpc) is 3.28. The SMILES string of the molecule is CN(c1ccccc1)c1ccc(C(=O)N2CC3CCCC3C2C(=O)O)cn1. The fourth-order valence-corrected chi connectivity index (χ4v) is 4.49. The van der Waals surface area contributed by atoms with E-state index in [2.05, 4.69) is 4.98 Å². The number of rotatable bonds is 4. The van der Waals surface area contributed by atoms with Crippen molar-refractivity contribution in [3.63, 3.8) is 0 Å². The summed E-state index contributed by atoms with van der Waals surface area (Å²) in [7, 11) is 1.92. The molecule has 0 bridgehead atoms. The number of hydrogen-bond donors (Lipinski definition) is 1. The second kappa shape index (κ2) is 7.02. The van der Waals surface area contributed by atoms with Crippen molar-refractivity contribution in [1.82, 2.24) is 9.88 Å². The van der Waals surface area contributed by atoms with Gasteiger partial charge in [-0.05, 0) is 48.9 Å². The number of fused-ring (bicyclic) bond motifs is 1. The first-order valence-electron chi connectivity index (χ1n) is 9.35. The number of benzene rings is 1. The van der Waals surface area contributed by atoms with Crippen LogP contribution in [0.3, 0.4) is 0 Å². The molecule has 0 spiro atoms. The Morgan fingerprint density at radius 3 is 2.59 bits per heavy atom. The van der Waals surface area contributed by atoms with E-state index in [4.69, 9.17) is 0 Å². The predicted octanol–water partition coefficient (Wildman–Crippen LogP) is 3.17. The van der Waals surface area contributed by atoms with E-state index in [1.54, 1.807) is 18.3 Å². The Kier molecular flexibility index (Phi) is 4.56. The maximum atomic E-state index is 13.0. The molecule has 4 rings (SSSR count). The topological polar surface area (TPSA) is 73.7 Å². The van der Waals surface area contributed by atoms with E-state index in [0.29, 0.717) is 18.0 Å². The standard InChI is InChI=1S/C21H23N3O3/c1-23(16-7-3-2-4-8-16)18-11-10-14(12-22-18)20(25)24-13-15-6-5-9-17(15)19(24)21(26)27/h2-4,7-8,10-12,15,17,19H,5-6,9,13H2,1H3,(H,26,27). The van der Waals surface area contributed by atoms with Crippen LogP contribution in [0.1, 0.15) is 29.6 Å². The number of carbonyl (C=O) groups is 2. The van der Waals surface area contributed by atoms with Gasteiger partial charge in [0.05, 0.1) is 5.56 Å². The number of carboxylic acid groups (broad SMARTS) is 1. The number of likely N-dealkylation sites (tertiary alicyclic amines) is 1. The van der Waals surface area contributed by atoms with Crippen molar-refractivity contribution in [2.24, 2.45) is 11.8 Å². The molecular formula is C21H23N3O3. The zero-order valence-corrected chi connectivity index (χ0v) is 15.3. The van der Waals surface area contributed by atoms with Crippen LogP contribution in [0, 0.1) is 11.8 Å². The van der Waals surface area contributed by atoms with E-state index in [1.165, 1.54) is 4.90 Å². The number of anilines is 2. The molecule has 1 aliphatic heterocycles. The van der Waals surface area contributed by atoms with Crippen LogP contribution >= 0.6 is 0 Å². The first kappa shape index (κ1) is 17.5. The second-order valence-electron chi connectivity index (χ2n) is 7.40. The van der Waals surface area contributed by atoms with Gasteiger partial charge in [-0.1, -0.05) is 24.6 Å². The normalized spacial score (nSPS) is 23.9. The fraction of sp³-hybridized carbons (Fsp3) is 0.381. The van der Waals surface area contributed by atoms with Crippen LogP contribution in [0.15, 0.2) is 48.7 Å². The first-order valence-corrected chi connectivity index (χ1v) is 9.35. The Morgan fingerprint density at radius 1 is 1.15 bits per heavy atom. The number of amides is 1. The third-order valence-electron chi connectivity index (χ3n) is 5.89. The molecule has 1 N–H and O–H groups in total. The van der Waals surface area contributed by atoms with Gasteiger partial charge >= 0.3 is 5.97 Å². The molecule has 0 radical (unpaired) electrons. The molecule has 3 atom stereocenters. The molecule has 1 aromatic heterocycles. The van der Waals surface area contributed by atoms with Gasteiger partial charge in [-0.3, -0.25) is 4.79 Å². The highest BCUT2D eigenvalue weighted by molar-refractivity contribution is 5.97. The number of pyridine rings is 1. The van der Waals surface area contributed by atoms with Crippen LogP contribution in [0.4, 0.5) is 11.5 Å². The molecule has 1 saturated heterocycles. The monoisotopic (exact) mass is 365 g/mol. The van der Waals surface area contributed by atoms with Crippen molar-refractivity contribution in [3.8, 4) is 0 Å². The summed E-state index contributed by atoms with van der Waals surface area (Å²) in [5, 5.41) is 9.65. The lowest BCUT2D eigenvalue weighted by atomic mass is 9.94. The highest BCUT2D eigenvalue weighted by Crippen LogP contribution is 2.42. The van der Waals surface area contributed by atoms with Crippen molar-refractivity contribution in [1.29, 1.82) is 0 Å². The number of hydrogen-bond acceptors (Lipinski definition) is 4. The van der Waals surface area contributed by atoms with Crippen molar-refractivity contribution in [3.05, 3.63) is 54.2 Å². The summed E-state index contributed by atoms with van der Waals surface area (Å²) in [5.41, 5.74) is 1.44. The maximum absolute atomic E-state index is 13.0. The molecule has 1 amide bonds. The molecule has 2 fully saturated rings. The molecule has 1 aliphatic carbocycles. The van der Waals surface area contributed by atoms with E-state index < -0.39 is 12.0 Å².